The highest BCUT2D eigenvalue weighted by atomic mass is 127. The largest absolute Gasteiger partial charge is 0.382 e. The van der Waals surface area contributed by atoms with E-state index >= 15 is 0 Å². The van der Waals surface area contributed by atoms with Crippen molar-refractivity contribution in [2.45, 2.75) is 12.8 Å². The summed E-state index contributed by atoms with van der Waals surface area (Å²) in [7, 11) is 1.73. The van der Waals surface area contributed by atoms with Crippen LogP contribution in [0.25, 0.3) is 5.69 Å². The van der Waals surface area contributed by atoms with E-state index in [1.165, 1.54) is 16.8 Å². The molecule has 0 radical (unpaired) electrons. The van der Waals surface area contributed by atoms with Crippen molar-refractivity contribution in [2.75, 3.05) is 37.9 Å². The van der Waals surface area contributed by atoms with E-state index in [9.17, 15) is 9.65 Å². The third kappa shape index (κ3) is 6.56. The zero-order chi connectivity index (χ0) is 19.6. The maximum Gasteiger partial charge on any atom is 0.191 e. The molecule has 152 valence electrons. The molecule has 1 aromatic carbocycles. The lowest BCUT2D eigenvalue weighted by atomic mass is 10.1. The molecule has 7 nitrogen and oxygen atoms in total. The fraction of sp³-hybridized carbons (Fsp3) is 0.389. The molecule has 0 unspecified atom stereocenters. The van der Waals surface area contributed by atoms with Gasteiger partial charge in [-0.25, -0.2) is 9.07 Å². The Morgan fingerprint density at radius 2 is 2.00 bits per heavy atom. The Morgan fingerprint density at radius 1 is 1.32 bits per heavy atom. The van der Waals surface area contributed by atoms with Crippen molar-refractivity contribution in [3.8, 4) is 11.8 Å². The highest BCUT2D eigenvalue weighted by Gasteiger charge is 2.16. The maximum atomic E-state index is 13.1. The first kappa shape index (κ1) is 24.0. The first-order chi connectivity index (χ1) is 13.1. The number of nitrogens with one attached hydrogen (secondary N) is 2. The molecule has 0 fully saturated rings. The molecule has 0 amide bonds. The first-order valence-corrected chi connectivity index (χ1v) is 9.97. The molecule has 0 saturated carbocycles. The van der Waals surface area contributed by atoms with Crippen molar-refractivity contribution in [3.63, 3.8) is 0 Å². The van der Waals surface area contributed by atoms with Gasteiger partial charge in [-0.15, -0.1) is 24.0 Å². The highest BCUT2D eigenvalue weighted by molar-refractivity contribution is 14.0. The molecule has 0 bridgehead atoms. The topological polar surface area (TPSA) is 104 Å². The van der Waals surface area contributed by atoms with Crippen molar-refractivity contribution in [1.82, 2.24) is 20.4 Å². The lowest BCUT2D eigenvalue weighted by Gasteiger charge is -2.10. The SMILES string of the molecule is CN=C(NCCCc1nn(-c2ccc(F)cc2)c(N)c1C#N)NCCSC.I. The number of halogens is 2. The molecular weight excluding hydrogens is 492 g/mol. The summed E-state index contributed by atoms with van der Waals surface area (Å²) in [4.78, 5) is 4.17. The Hall–Kier alpha value is -2.00. The summed E-state index contributed by atoms with van der Waals surface area (Å²) < 4.78 is 14.6. The van der Waals surface area contributed by atoms with Gasteiger partial charge in [0.15, 0.2) is 5.96 Å². The van der Waals surface area contributed by atoms with Crippen LogP contribution in [0.1, 0.15) is 17.7 Å². The molecule has 0 spiro atoms. The van der Waals surface area contributed by atoms with Gasteiger partial charge in [-0.3, -0.25) is 4.99 Å². The van der Waals surface area contributed by atoms with Crippen LogP contribution in [0.2, 0.25) is 0 Å². The van der Waals surface area contributed by atoms with E-state index in [0.29, 0.717) is 29.9 Å². The van der Waals surface area contributed by atoms with Crippen LogP contribution in [0.5, 0.6) is 0 Å². The van der Waals surface area contributed by atoms with E-state index in [-0.39, 0.29) is 35.6 Å². The minimum absolute atomic E-state index is 0. The fourth-order valence-electron chi connectivity index (χ4n) is 2.51. The van der Waals surface area contributed by atoms with E-state index in [0.717, 1.165) is 24.7 Å². The summed E-state index contributed by atoms with van der Waals surface area (Å²) >= 11 is 1.77. The second-order valence-corrected chi connectivity index (χ2v) is 6.71. The number of thioether (sulfide) groups is 1. The van der Waals surface area contributed by atoms with Gasteiger partial charge in [0.2, 0.25) is 0 Å². The van der Waals surface area contributed by atoms with Crippen LogP contribution >= 0.6 is 35.7 Å². The van der Waals surface area contributed by atoms with Crippen LogP contribution in [-0.2, 0) is 6.42 Å². The Morgan fingerprint density at radius 3 is 2.61 bits per heavy atom. The third-order valence-corrected chi connectivity index (χ3v) is 4.49. The minimum Gasteiger partial charge on any atom is -0.382 e. The number of nitrogen functional groups attached to an aromatic ring is 1. The average Bonchev–Trinajstić information content (AvgIpc) is 2.99. The lowest BCUT2D eigenvalue weighted by Crippen LogP contribution is -2.38. The summed E-state index contributed by atoms with van der Waals surface area (Å²) in [6.07, 6.45) is 3.41. The van der Waals surface area contributed by atoms with Gasteiger partial charge in [-0.2, -0.15) is 22.1 Å². The van der Waals surface area contributed by atoms with Crippen LogP contribution in [0.3, 0.4) is 0 Å². The Labute approximate surface area is 186 Å². The number of nitriles is 1. The van der Waals surface area contributed by atoms with Crippen molar-refractivity contribution < 1.29 is 4.39 Å². The number of nitrogens with zero attached hydrogens (tertiary/aromatic N) is 4. The van der Waals surface area contributed by atoms with Gasteiger partial charge in [-0.05, 0) is 43.4 Å². The monoisotopic (exact) mass is 517 g/mol. The summed E-state index contributed by atoms with van der Waals surface area (Å²) in [6.45, 7) is 1.53. The van der Waals surface area contributed by atoms with Gasteiger partial charge < -0.3 is 16.4 Å². The smallest absolute Gasteiger partial charge is 0.191 e. The second kappa shape index (κ2) is 12.5. The Kier molecular flexibility index (Phi) is 10.7. The summed E-state index contributed by atoms with van der Waals surface area (Å²) in [5, 5.41) is 20.3. The maximum absolute atomic E-state index is 13.1. The van der Waals surface area contributed by atoms with E-state index in [4.69, 9.17) is 5.73 Å². The van der Waals surface area contributed by atoms with Crippen molar-refractivity contribution in [1.29, 1.82) is 5.26 Å². The molecule has 2 rings (SSSR count). The number of aryl methyl sites for hydroxylation is 1. The van der Waals surface area contributed by atoms with E-state index < -0.39 is 0 Å². The summed E-state index contributed by atoms with van der Waals surface area (Å²) in [5.41, 5.74) is 7.68. The number of aliphatic imine (C=N–C) groups is 1. The number of hydrogen-bond donors (Lipinski definition) is 3. The van der Waals surface area contributed by atoms with Gasteiger partial charge in [0.1, 0.15) is 23.3 Å². The van der Waals surface area contributed by atoms with E-state index in [1.54, 1.807) is 30.9 Å². The average molecular weight is 517 g/mol. The van der Waals surface area contributed by atoms with Gasteiger partial charge >= 0.3 is 0 Å². The van der Waals surface area contributed by atoms with Gasteiger partial charge in [0.25, 0.3) is 0 Å². The van der Waals surface area contributed by atoms with Crippen molar-refractivity contribution in [3.05, 3.63) is 41.3 Å². The number of aromatic nitrogens is 2. The summed E-state index contributed by atoms with van der Waals surface area (Å²) in [5.74, 6) is 1.69. The number of rotatable bonds is 8. The molecule has 2 aromatic rings. The fourth-order valence-corrected chi connectivity index (χ4v) is 2.82. The predicted octanol–water partition coefficient (Wildman–Crippen LogP) is 2.54. The molecule has 0 atom stereocenters. The second-order valence-electron chi connectivity index (χ2n) is 5.73. The molecule has 1 heterocycles. The molecular formula is C18H25FIN7S. The van der Waals surface area contributed by atoms with Crippen LogP contribution < -0.4 is 16.4 Å². The number of benzene rings is 1. The lowest BCUT2D eigenvalue weighted by molar-refractivity contribution is 0.627. The Bertz CT molecular complexity index is 815. The predicted molar refractivity (Wildman–Crippen MR) is 124 cm³/mol. The van der Waals surface area contributed by atoms with Gasteiger partial charge in [0, 0.05) is 25.9 Å². The van der Waals surface area contributed by atoms with Crippen molar-refractivity contribution >= 4 is 47.5 Å². The van der Waals surface area contributed by atoms with Gasteiger partial charge in [-0.1, -0.05) is 0 Å². The first-order valence-electron chi connectivity index (χ1n) is 8.57. The quantitative estimate of drug-likeness (QED) is 0.215. The van der Waals surface area contributed by atoms with Crippen LogP contribution in [-0.4, -0.2) is 47.9 Å². The number of guanidine groups is 1. The number of hydrogen-bond acceptors (Lipinski definition) is 5. The number of nitrogens with two attached hydrogens (primary N) is 1. The van der Waals surface area contributed by atoms with Gasteiger partial charge in [0.05, 0.1) is 11.4 Å². The molecule has 10 heteroatoms. The van der Waals surface area contributed by atoms with E-state index in [2.05, 4.69) is 33.0 Å². The van der Waals surface area contributed by atoms with Crippen molar-refractivity contribution in [2.24, 2.45) is 4.99 Å². The Balaban J connectivity index is 0.00000392. The molecule has 0 aliphatic heterocycles. The zero-order valence-corrected chi connectivity index (χ0v) is 19.1. The zero-order valence-electron chi connectivity index (χ0n) is 15.9. The normalized spacial score (nSPS) is 10.9. The molecule has 28 heavy (non-hydrogen) atoms. The molecule has 4 N–H and O–H groups in total. The molecule has 0 aliphatic rings. The van der Waals surface area contributed by atoms with Crippen LogP contribution in [0.15, 0.2) is 29.3 Å². The molecule has 0 aliphatic carbocycles. The number of anilines is 1. The molecule has 1 aromatic heterocycles. The standard InChI is InChI=1S/C18H24FN7S.HI/c1-22-18(24-10-11-27-2)23-9-3-4-16-15(12-20)17(21)26(25-16)14-7-5-13(19)6-8-14;/h5-8H,3-4,9-11,21H2,1-2H3,(H2,22,23,24);1H. The molecule has 0 saturated heterocycles. The minimum atomic E-state index is -0.337. The van der Waals surface area contributed by atoms with Crippen LogP contribution in [0.4, 0.5) is 10.2 Å². The summed E-state index contributed by atoms with van der Waals surface area (Å²) in [6, 6.07) is 7.95. The van der Waals surface area contributed by atoms with Crippen LogP contribution in [0, 0.1) is 17.1 Å². The van der Waals surface area contributed by atoms with E-state index in [1.807, 2.05) is 0 Å². The third-order valence-electron chi connectivity index (χ3n) is 3.88. The highest BCUT2D eigenvalue weighted by Crippen LogP contribution is 2.21.